The van der Waals surface area contributed by atoms with Crippen LogP contribution in [0.2, 0.25) is 0 Å². The summed E-state index contributed by atoms with van der Waals surface area (Å²) in [5, 5.41) is 15.9. The number of aliphatic hydroxyl groups excluding tert-OH is 1. The first kappa shape index (κ1) is 13.1. The smallest absolute Gasteiger partial charge is 0.372 e. The van der Waals surface area contributed by atoms with Crippen LogP contribution in [0.5, 0.6) is 0 Å². The normalized spacial score (nSPS) is 7.50. The van der Waals surface area contributed by atoms with Crippen molar-refractivity contribution in [2.75, 3.05) is 7.11 Å². The summed E-state index contributed by atoms with van der Waals surface area (Å²) in [6.07, 6.45) is 0.222. The minimum absolute atomic E-state index is 0.222. The lowest BCUT2D eigenvalue weighted by Crippen LogP contribution is -2.01. The van der Waals surface area contributed by atoms with E-state index in [2.05, 4.69) is 11.3 Å². The number of rotatable bonds is 2. The zero-order valence-corrected chi connectivity index (χ0v) is 7.03. The predicted molar refractivity (Wildman–Crippen MR) is 41.7 cm³/mol. The van der Waals surface area contributed by atoms with Gasteiger partial charge in [0, 0.05) is 6.42 Å². The van der Waals surface area contributed by atoms with Gasteiger partial charge in [-0.05, 0) is 6.58 Å². The first-order valence-corrected chi connectivity index (χ1v) is 3.13. The Kier molecular flexibility index (Phi) is 8.28. The van der Waals surface area contributed by atoms with Crippen molar-refractivity contribution < 1.29 is 24.5 Å². The Morgan fingerprint density at radius 1 is 1.42 bits per heavy atom. The number of hydrogen-bond acceptors (Lipinski definition) is 4. The fourth-order valence-corrected chi connectivity index (χ4v) is 0.118. The Labute approximate surface area is 70.3 Å². The molecular formula is C7H12O5. The zero-order valence-electron chi connectivity index (χ0n) is 7.03. The molecule has 0 aliphatic rings. The summed E-state index contributed by atoms with van der Waals surface area (Å²) in [6.45, 7) is 4.51. The highest BCUT2D eigenvalue weighted by Crippen LogP contribution is 1.82. The molecular weight excluding hydrogens is 164 g/mol. The second kappa shape index (κ2) is 7.59. The van der Waals surface area contributed by atoms with Crippen LogP contribution >= 0.6 is 0 Å². The number of methoxy groups -OCH3 is 1. The Hall–Kier alpha value is -1.52. The number of carbonyl (C=O) groups excluding carboxylic acids is 1. The van der Waals surface area contributed by atoms with E-state index in [0.717, 1.165) is 0 Å². The highest BCUT2D eigenvalue weighted by Gasteiger charge is 1.99. The third kappa shape index (κ3) is 11.3. The van der Waals surface area contributed by atoms with Crippen molar-refractivity contribution in [1.82, 2.24) is 0 Å². The lowest BCUT2D eigenvalue weighted by molar-refractivity contribution is -0.139. The molecule has 0 aliphatic carbocycles. The van der Waals surface area contributed by atoms with Crippen LogP contribution in [0.15, 0.2) is 12.3 Å². The SMILES string of the molecule is C=C(O)C(=O)OC.CCC(=O)O. The Morgan fingerprint density at radius 2 is 1.75 bits per heavy atom. The minimum Gasteiger partial charge on any atom is -0.502 e. The quantitative estimate of drug-likeness (QED) is 0.368. The van der Waals surface area contributed by atoms with Crippen LogP contribution in [-0.2, 0) is 14.3 Å². The van der Waals surface area contributed by atoms with Crippen LogP contribution in [0.1, 0.15) is 13.3 Å². The van der Waals surface area contributed by atoms with E-state index in [-0.39, 0.29) is 6.42 Å². The highest BCUT2D eigenvalue weighted by molar-refractivity contribution is 5.84. The summed E-state index contributed by atoms with van der Waals surface area (Å²) >= 11 is 0. The second-order valence-electron chi connectivity index (χ2n) is 1.69. The van der Waals surface area contributed by atoms with E-state index in [0.29, 0.717) is 0 Å². The van der Waals surface area contributed by atoms with E-state index in [1.54, 1.807) is 6.92 Å². The molecule has 5 heteroatoms. The van der Waals surface area contributed by atoms with Crippen LogP contribution in [0, 0.1) is 0 Å². The summed E-state index contributed by atoms with van der Waals surface area (Å²) in [5.41, 5.74) is 0. The van der Waals surface area contributed by atoms with E-state index in [1.807, 2.05) is 0 Å². The molecule has 0 aliphatic heterocycles. The van der Waals surface area contributed by atoms with Crippen molar-refractivity contribution >= 4 is 11.9 Å². The molecule has 0 radical (unpaired) electrons. The Morgan fingerprint density at radius 3 is 1.75 bits per heavy atom. The number of aliphatic hydroxyl groups is 1. The van der Waals surface area contributed by atoms with E-state index in [4.69, 9.17) is 10.2 Å². The Bertz CT molecular complexity index is 173. The fraction of sp³-hybridized carbons (Fsp3) is 0.429. The number of aliphatic carboxylic acids is 1. The summed E-state index contributed by atoms with van der Waals surface area (Å²) in [5.74, 6) is -2.10. The van der Waals surface area contributed by atoms with Gasteiger partial charge >= 0.3 is 11.9 Å². The average Bonchev–Trinajstić information content (AvgIpc) is 2.04. The summed E-state index contributed by atoms with van der Waals surface area (Å²) in [4.78, 5) is 19.3. The molecule has 0 bridgehead atoms. The number of esters is 1. The van der Waals surface area contributed by atoms with Crippen LogP contribution in [0.25, 0.3) is 0 Å². The molecule has 0 fully saturated rings. The molecule has 0 amide bonds. The van der Waals surface area contributed by atoms with Crippen LogP contribution in [0.4, 0.5) is 0 Å². The van der Waals surface area contributed by atoms with Crippen LogP contribution in [0.3, 0.4) is 0 Å². The molecule has 70 valence electrons. The summed E-state index contributed by atoms with van der Waals surface area (Å²) in [6, 6.07) is 0. The third-order valence-corrected chi connectivity index (χ3v) is 0.723. The van der Waals surface area contributed by atoms with Gasteiger partial charge in [-0.15, -0.1) is 0 Å². The average molecular weight is 176 g/mol. The van der Waals surface area contributed by atoms with Gasteiger partial charge in [0.15, 0.2) is 5.76 Å². The first-order chi connectivity index (χ1) is 5.45. The molecule has 0 saturated carbocycles. The third-order valence-electron chi connectivity index (χ3n) is 0.723. The van der Waals surface area contributed by atoms with E-state index in [9.17, 15) is 9.59 Å². The fourth-order valence-electron chi connectivity index (χ4n) is 0.118. The van der Waals surface area contributed by atoms with E-state index >= 15 is 0 Å². The second-order valence-corrected chi connectivity index (χ2v) is 1.69. The molecule has 0 saturated heterocycles. The predicted octanol–water partition coefficient (Wildman–Crippen LogP) is 0.712. The van der Waals surface area contributed by atoms with Gasteiger partial charge in [0.2, 0.25) is 0 Å². The van der Waals surface area contributed by atoms with Crippen LogP contribution < -0.4 is 0 Å². The first-order valence-electron chi connectivity index (χ1n) is 3.13. The minimum atomic E-state index is -0.792. The van der Waals surface area contributed by atoms with Crippen molar-refractivity contribution in [1.29, 1.82) is 0 Å². The summed E-state index contributed by atoms with van der Waals surface area (Å²) in [7, 11) is 1.17. The molecule has 0 aromatic carbocycles. The summed E-state index contributed by atoms with van der Waals surface area (Å²) < 4.78 is 4.02. The van der Waals surface area contributed by atoms with Gasteiger partial charge in [0.25, 0.3) is 0 Å². The number of carbonyl (C=O) groups is 2. The van der Waals surface area contributed by atoms with Gasteiger partial charge in [0.1, 0.15) is 0 Å². The molecule has 0 atom stereocenters. The van der Waals surface area contributed by atoms with Crippen molar-refractivity contribution in [3.05, 3.63) is 12.3 Å². The van der Waals surface area contributed by atoms with Crippen molar-refractivity contribution in [2.24, 2.45) is 0 Å². The largest absolute Gasteiger partial charge is 0.502 e. The lowest BCUT2D eigenvalue weighted by Gasteiger charge is -1.90. The van der Waals surface area contributed by atoms with Crippen molar-refractivity contribution in [3.63, 3.8) is 0 Å². The zero-order chi connectivity index (χ0) is 10.1. The number of carboxylic acid groups (broad SMARTS) is 1. The van der Waals surface area contributed by atoms with Gasteiger partial charge in [-0.1, -0.05) is 6.92 Å². The van der Waals surface area contributed by atoms with Gasteiger partial charge in [-0.25, -0.2) is 4.79 Å². The maximum Gasteiger partial charge on any atom is 0.372 e. The van der Waals surface area contributed by atoms with Gasteiger partial charge in [-0.2, -0.15) is 0 Å². The highest BCUT2D eigenvalue weighted by atomic mass is 16.5. The number of ether oxygens (including phenoxy) is 1. The monoisotopic (exact) mass is 176 g/mol. The lowest BCUT2D eigenvalue weighted by atomic mass is 10.5. The standard InChI is InChI=1S/C4H6O3.C3H6O2/c1-3(5)4(6)7-2;1-2-3(4)5/h5H,1H2,2H3;2H2,1H3,(H,4,5). The molecule has 0 heterocycles. The van der Waals surface area contributed by atoms with E-state index < -0.39 is 17.7 Å². The Balaban J connectivity index is 0. The molecule has 0 spiro atoms. The number of carboxylic acids is 1. The van der Waals surface area contributed by atoms with Crippen molar-refractivity contribution in [3.8, 4) is 0 Å². The van der Waals surface area contributed by atoms with Gasteiger partial charge < -0.3 is 14.9 Å². The molecule has 0 aromatic heterocycles. The molecule has 2 N–H and O–H groups in total. The van der Waals surface area contributed by atoms with E-state index in [1.165, 1.54) is 7.11 Å². The molecule has 5 nitrogen and oxygen atoms in total. The number of hydrogen-bond donors (Lipinski definition) is 2. The maximum absolute atomic E-state index is 9.94. The molecule has 0 rings (SSSR count). The molecule has 0 unspecified atom stereocenters. The van der Waals surface area contributed by atoms with Crippen molar-refractivity contribution in [2.45, 2.75) is 13.3 Å². The molecule has 12 heavy (non-hydrogen) atoms. The topological polar surface area (TPSA) is 83.8 Å². The van der Waals surface area contributed by atoms with Gasteiger partial charge in [0.05, 0.1) is 7.11 Å². The maximum atomic E-state index is 9.94. The van der Waals surface area contributed by atoms with Crippen LogP contribution in [-0.4, -0.2) is 29.3 Å². The molecule has 0 aromatic rings. The van der Waals surface area contributed by atoms with Gasteiger partial charge in [-0.3, -0.25) is 4.79 Å².